The number of amides is 1. The number of halogens is 1. The molecule has 3 aliphatic rings. The van der Waals surface area contributed by atoms with Crippen molar-refractivity contribution in [1.29, 1.82) is 5.26 Å². The molecule has 128 valence electrons. The summed E-state index contributed by atoms with van der Waals surface area (Å²) in [5, 5.41) is 12.8. The second kappa shape index (κ2) is 6.20. The Balaban J connectivity index is 1.49. The predicted molar refractivity (Wildman–Crippen MR) is 94.1 cm³/mol. The molecule has 1 saturated heterocycles. The lowest BCUT2D eigenvalue weighted by Gasteiger charge is -2.42. The number of hydrogen-bond acceptors (Lipinski definition) is 5. The fourth-order valence-corrected chi connectivity index (χ4v) is 6.04. The van der Waals surface area contributed by atoms with Crippen molar-refractivity contribution in [3.05, 3.63) is 10.0 Å². The molecule has 3 fully saturated rings. The minimum Gasteiger partial charge on any atom is -0.321 e. The molecule has 0 bridgehead atoms. The maximum atomic E-state index is 12.9. The normalized spacial score (nSPS) is 30.4. The van der Waals surface area contributed by atoms with Gasteiger partial charge in [0.05, 0.1) is 5.41 Å². The first-order valence-corrected chi connectivity index (χ1v) is 9.95. The van der Waals surface area contributed by atoms with Crippen LogP contribution in [0.4, 0.5) is 5.13 Å². The van der Waals surface area contributed by atoms with Gasteiger partial charge in [0.1, 0.15) is 5.15 Å². The molecule has 1 spiro atoms. The first-order valence-electron chi connectivity index (χ1n) is 8.76. The summed E-state index contributed by atoms with van der Waals surface area (Å²) in [6.07, 6.45) is 10.5. The Bertz CT molecular complexity index is 685. The van der Waals surface area contributed by atoms with Gasteiger partial charge >= 0.3 is 0 Å². The lowest BCUT2D eigenvalue weighted by atomic mass is 9.64. The summed E-state index contributed by atoms with van der Waals surface area (Å²) in [5.41, 5.74) is -0.280. The minimum absolute atomic E-state index is 0.150. The highest BCUT2D eigenvalue weighted by molar-refractivity contribution is 7.16. The van der Waals surface area contributed by atoms with E-state index in [0.29, 0.717) is 17.6 Å². The average Bonchev–Trinajstić information content (AvgIpc) is 3.09. The molecule has 0 aromatic carbocycles. The van der Waals surface area contributed by atoms with E-state index in [1.54, 1.807) is 11.3 Å². The Morgan fingerprint density at radius 3 is 2.79 bits per heavy atom. The summed E-state index contributed by atoms with van der Waals surface area (Å²) in [5.74, 6) is 0.677. The zero-order valence-electron chi connectivity index (χ0n) is 13.6. The summed E-state index contributed by atoms with van der Waals surface area (Å²) in [6, 6.07) is 0.150. The molecular weight excluding hydrogens is 344 g/mol. The van der Waals surface area contributed by atoms with Crippen molar-refractivity contribution in [2.45, 2.75) is 63.3 Å². The zero-order chi connectivity index (χ0) is 16.7. The topological polar surface area (TPSA) is 69.0 Å². The van der Waals surface area contributed by atoms with Crippen LogP contribution < -0.4 is 10.2 Å². The number of rotatable bonds is 3. The van der Waals surface area contributed by atoms with Gasteiger partial charge in [-0.2, -0.15) is 5.26 Å². The summed E-state index contributed by atoms with van der Waals surface area (Å²) in [4.78, 5) is 20.4. The molecule has 2 heterocycles. The van der Waals surface area contributed by atoms with Crippen molar-refractivity contribution < 1.29 is 4.79 Å². The van der Waals surface area contributed by atoms with Gasteiger partial charge in [0.15, 0.2) is 11.3 Å². The van der Waals surface area contributed by atoms with Crippen molar-refractivity contribution in [3.63, 3.8) is 0 Å². The van der Waals surface area contributed by atoms with E-state index in [1.807, 2.05) is 11.1 Å². The molecule has 0 radical (unpaired) electrons. The van der Waals surface area contributed by atoms with E-state index >= 15 is 0 Å². The van der Waals surface area contributed by atoms with Crippen molar-refractivity contribution in [2.24, 2.45) is 5.41 Å². The summed E-state index contributed by atoms with van der Waals surface area (Å²) in [6.45, 7) is 0.714. The third-order valence-corrected chi connectivity index (χ3v) is 7.50. The molecule has 1 aromatic heterocycles. The average molecular weight is 365 g/mol. The number of anilines is 1. The number of thiazole rings is 1. The van der Waals surface area contributed by atoms with Crippen LogP contribution in [0.3, 0.4) is 0 Å². The van der Waals surface area contributed by atoms with E-state index in [1.165, 1.54) is 32.1 Å². The van der Waals surface area contributed by atoms with Gasteiger partial charge in [0, 0.05) is 17.5 Å². The van der Waals surface area contributed by atoms with E-state index in [-0.39, 0.29) is 17.4 Å². The Labute approximate surface area is 151 Å². The lowest BCUT2D eigenvalue weighted by Crippen LogP contribution is -2.51. The van der Waals surface area contributed by atoms with Crippen LogP contribution in [0.5, 0.6) is 0 Å². The number of carbonyl (C=O) groups excluding carboxylic acids is 1. The van der Waals surface area contributed by atoms with Crippen LogP contribution in [0.1, 0.15) is 62.2 Å². The molecule has 1 aliphatic heterocycles. The quantitative estimate of drug-likeness (QED) is 0.654. The molecule has 2 saturated carbocycles. The summed E-state index contributed by atoms with van der Waals surface area (Å²) >= 11 is 8.01. The molecule has 1 amide bonds. The van der Waals surface area contributed by atoms with Crippen LogP contribution in [-0.4, -0.2) is 23.5 Å². The molecule has 4 rings (SSSR count). The Morgan fingerprint density at radius 1 is 1.33 bits per heavy atom. The van der Waals surface area contributed by atoms with Crippen molar-refractivity contribution in [3.8, 4) is 6.19 Å². The SMILES string of the molecule is N#CN[C@H]1C[C@@]2(CCN(c3nc(Cl)c(C4CCCCC4)s3)C2=O)C1. The standard InChI is InChI=1S/C17H21ClN4OS/c18-14-13(11-4-2-1-3-5-11)24-16(21-14)22-7-6-17(15(22)23)8-12(9-17)20-10-19/h11-12,20H,1-9H2/t12-,17-. The maximum absolute atomic E-state index is 12.9. The zero-order valence-corrected chi connectivity index (χ0v) is 15.1. The highest BCUT2D eigenvalue weighted by atomic mass is 35.5. The van der Waals surface area contributed by atoms with Gasteiger partial charge in [-0.05, 0) is 38.0 Å². The van der Waals surface area contributed by atoms with Crippen LogP contribution in [0.25, 0.3) is 0 Å². The number of nitrogens with one attached hydrogen (secondary N) is 1. The molecule has 1 N–H and O–H groups in total. The maximum Gasteiger partial charge on any atom is 0.235 e. The van der Waals surface area contributed by atoms with Gasteiger partial charge in [-0.3, -0.25) is 9.69 Å². The minimum atomic E-state index is -0.280. The largest absolute Gasteiger partial charge is 0.321 e. The van der Waals surface area contributed by atoms with Gasteiger partial charge in [0.2, 0.25) is 5.91 Å². The van der Waals surface area contributed by atoms with Gasteiger partial charge in [0.25, 0.3) is 0 Å². The Morgan fingerprint density at radius 2 is 2.08 bits per heavy atom. The van der Waals surface area contributed by atoms with E-state index in [0.717, 1.165) is 29.3 Å². The summed E-state index contributed by atoms with van der Waals surface area (Å²) in [7, 11) is 0. The number of aromatic nitrogens is 1. The van der Waals surface area contributed by atoms with Crippen LogP contribution in [0.15, 0.2) is 0 Å². The Hall–Kier alpha value is -1.32. The number of nitriles is 1. The highest BCUT2D eigenvalue weighted by Crippen LogP contribution is 2.51. The van der Waals surface area contributed by atoms with E-state index < -0.39 is 0 Å². The fourth-order valence-electron chi connectivity index (χ4n) is 4.49. The molecule has 1 aromatic rings. The van der Waals surface area contributed by atoms with Gasteiger partial charge in [-0.25, -0.2) is 4.98 Å². The molecule has 5 nitrogen and oxygen atoms in total. The van der Waals surface area contributed by atoms with Crippen LogP contribution >= 0.6 is 22.9 Å². The Kier molecular flexibility index (Phi) is 4.17. The first-order chi connectivity index (χ1) is 11.6. The van der Waals surface area contributed by atoms with Gasteiger partial charge < -0.3 is 5.32 Å². The summed E-state index contributed by atoms with van der Waals surface area (Å²) < 4.78 is 0. The van der Waals surface area contributed by atoms with E-state index in [9.17, 15) is 4.79 Å². The second-order valence-corrected chi connectivity index (χ2v) is 8.70. The van der Waals surface area contributed by atoms with Gasteiger partial charge in [-0.1, -0.05) is 42.2 Å². The van der Waals surface area contributed by atoms with E-state index in [2.05, 4.69) is 10.3 Å². The molecule has 7 heteroatoms. The van der Waals surface area contributed by atoms with Crippen molar-refractivity contribution >= 4 is 34.0 Å². The van der Waals surface area contributed by atoms with Gasteiger partial charge in [-0.15, -0.1) is 0 Å². The molecule has 24 heavy (non-hydrogen) atoms. The number of carbonyl (C=O) groups is 1. The first kappa shape index (κ1) is 16.2. The molecule has 0 unspecified atom stereocenters. The number of nitrogens with zero attached hydrogens (tertiary/aromatic N) is 3. The third kappa shape index (κ3) is 2.58. The van der Waals surface area contributed by atoms with E-state index in [4.69, 9.17) is 16.9 Å². The van der Waals surface area contributed by atoms with Crippen LogP contribution in [-0.2, 0) is 4.79 Å². The second-order valence-electron chi connectivity index (χ2n) is 7.33. The monoisotopic (exact) mass is 364 g/mol. The number of hydrogen-bond donors (Lipinski definition) is 1. The smallest absolute Gasteiger partial charge is 0.235 e. The van der Waals surface area contributed by atoms with Crippen LogP contribution in [0.2, 0.25) is 5.15 Å². The highest BCUT2D eigenvalue weighted by Gasteiger charge is 2.56. The van der Waals surface area contributed by atoms with Crippen LogP contribution in [0, 0.1) is 16.9 Å². The fraction of sp³-hybridized carbons (Fsp3) is 0.706. The molecule has 2 aliphatic carbocycles. The third-order valence-electron chi connectivity index (χ3n) is 5.86. The predicted octanol–water partition coefficient (Wildman–Crippen LogP) is 3.80. The van der Waals surface area contributed by atoms with Crippen molar-refractivity contribution in [2.75, 3.05) is 11.4 Å². The van der Waals surface area contributed by atoms with Crippen molar-refractivity contribution in [1.82, 2.24) is 10.3 Å². The molecule has 0 atom stereocenters. The lowest BCUT2D eigenvalue weighted by molar-refractivity contribution is -0.130. The molecular formula is C17H21ClN4OS.